The third-order valence-corrected chi connectivity index (χ3v) is 1.36. The van der Waals surface area contributed by atoms with E-state index in [2.05, 4.69) is 15.7 Å². The molecule has 0 aliphatic rings. The molecule has 0 bridgehead atoms. The highest BCUT2D eigenvalue weighted by molar-refractivity contribution is 7.10. The summed E-state index contributed by atoms with van der Waals surface area (Å²) in [6, 6.07) is 0. The van der Waals surface area contributed by atoms with E-state index in [0.29, 0.717) is 5.01 Å². The van der Waals surface area contributed by atoms with Crippen molar-refractivity contribution in [2.75, 3.05) is 0 Å². The Kier molecular flexibility index (Phi) is 1.34. The lowest BCUT2D eigenvalue weighted by Crippen LogP contribution is -1.88. The van der Waals surface area contributed by atoms with Gasteiger partial charge in [0.2, 0.25) is 0 Å². The first-order valence-corrected chi connectivity index (χ1v) is 2.83. The van der Waals surface area contributed by atoms with Gasteiger partial charge in [-0.25, -0.2) is 0 Å². The molecule has 1 aromatic heterocycles. The second-order valence-corrected chi connectivity index (χ2v) is 2.03. The maximum absolute atomic E-state index is 10.4. The van der Waals surface area contributed by atoms with E-state index in [4.69, 9.17) is 0 Å². The SMILES string of the molecule is CC(=O)c1nn[c]s1. The Morgan fingerprint density at radius 3 is 2.88 bits per heavy atom. The van der Waals surface area contributed by atoms with Gasteiger partial charge in [-0.15, -0.1) is 10.2 Å². The predicted molar refractivity (Wildman–Crippen MR) is 28.7 cm³/mol. The summed E-state index contributed by atoms with van der Waals surface area (Å²) in [6.45, 7) is 1.45. The first-order chi connectivity index (χ1) is 3.80. The Morgan fingerprint density at radius 1 is 1.88 bits per heavy atom. The quantitative estimate of drug-likeness (QED) is 0.517. The van der Waals surface area contributed by atoms with Crippen LogP contribution >= 0.6 is 11.3 Å². The number of aromatic nitrogens is 2. The molecule has 0 N–H and O–H groups in total. The molecule has 0 saturated heterocycles. The monoisotopic (exact) mass is 127 g/mol. The van der Waals surface area contributed by atoms with Gasteiger partial charge in [0, 0.05) is 6.92 Å². The van der Waals surface area contributed by atoms with Crippen molar-refractivity contribution in [2.24, 2.45) is 0 Å². The van der Waals surface area contributed by atoms with Gasteiger partial charge in [-0.1, -0.05) is 11.3 Å². The molecule has 0 fully saturated rings. The standard InChI is InChI=1S/C4H3N2OS/c1-3(7)4-6-5-2-8-4/h1H3. The van der Waals surface area contributed by atoms with Crippen LogP contribution in [0.4, 0.5) is 0 Å². The number of carbonyl (C=O) groups excluding carboxylic acids is 1. The molecule has 0 saturated carbocycles. The second kappa shape index (κ2) is 2.00. The number of carbonyl (C=O) groups is 1. The maximum atomic E-state index is 10.4. The van der Waals surface area contributed by atoms with Crippen molar-refractivity contribution in [1.82, 2.24) is 10.2 Å². The van der Waals surface area contributed by atoms with E-state index >= 15 is 0 Å². The molecule has 1 radical (unpaired) electrons. The van der Waals surface area contributed by atoms with Gasteiger partial charge in [-0.3, -0.25) is 4.79 Å². The molecule has 4 heteroatoms. The van der Waals surface area contributed by atoms with Crippen LogP contribution in [0.3, 0.4) is 0 Å². The largest absolute Gasteiger partial charge is 0.292 e. The number of hydrogen-bond donors (Lipinski definition) is 0. The fraction of sp³-hybridized carbons (Fsp3) is 0.250. The molecule has 0 aromatic carbocycles. The van der Waals surface area contributed by atoms with Crippen molar-refractivity contribution >= 4 is 17.1 Å². The van der Waals surface area contributed by atoms with Crippen LogP contribution in [0.1, 0.15) is 16.7 Å². The summed E-state index contributed by atoms with van der Waals surface area (Å²) in [4.78, 5) is 10.4. The molecule has 0 amide bonds. The van der Waals surface area contributed by atoms with Crippen molar-refractivity contribution in [3.8, 4) is 0 Å². The second-order valence-electron chi connectivity index (χ2n) is 1.25. The highest BCUT2D eigenvalue weighted by Gasteiger charge is 1.99. The summed E-state index contributed by atoms with van der Waals surface area (Å²) < 4.78 is 0. The summed E-state index contributed by atoms with van der Waals surface area (Å²) in [5.74, 6) is -0.0521. The first-order valence-electron chi connectivity index (χ1n) is 2.01. The van der Waals surface area contributed by atoms with Crippen LogP contribution in [-0.4, -0.2) is 16.0 Å². The Bertz CT molecular complexity index is 182. The Morgan fingerprint density at radius 2 is 2.62 bits per heavy atom. The van der Waals surface area contributed by atoms with E-state index in [9.17, 15) is 4.79 Å². The third kappa shape index (κ3) is 0.894. The van der Waals surface area contributed by atoms with Crippen molar-refractivity contribution in [2.45, 2.75) is 6.92 Å². The molecule has 0 aliphatic heterocycles. The molecule has 41 valence electrons. The average Bonchev–Trinajstić information content (AvgIpc) is 2.12. The fourth-order valence-electron chi connectivity index (χ4n) is 0.292. The van der Waals surface area contributed by atoms with Crippen molar-refractivity contribution in [3.63, 3.8) is 0 Å². The minimum absolute atomic E-state index is 0.0521. The van der Waals surface area contributed by atoms with Crippen LogP contribution in [0.25, 0.3) is 0 Å². The predicted octanol–water partition coefficient (Wildman–Crippen LogP) is 0.541. The van der Waals surface area contributed by atoms with Crippen molar-refractivity contribution < 1.29 is 4.79 Å². The lowest BCUT2D eigenvalue weighted by molar-refractivity contribution is 0.101. The molecule has 1 heterocycles. The van der Waals surface area contributed by atoms with E-state index in [-0.39, 0.29) is 5.78 Å². The highest BCUT2D eigenvalue weighted by atomic mass is 32.1. The maximum Gasteiger partial charge on any atom is 0.190 e. The van der Waals surface area contributed by atoms with Crippen LogP contribution in [0.2, 0.25) is 0 Å². The Labute approximate surface area is 50.4 Å². The Hall–Kier alpha value is -0.770. The zero-order valence-electron chi connectivity index (χ0n) is 4.21. The van der Waals surface area contributed by atoms with Gasteiger partial charge in [-0.05, 0) is 0 Å². The Balaban J connectivity index is 2.93. The van der Waals surface area contributed by atoms with Crippen LogP contribution < -0.4 is 0 Å². The van der Waals surface area contributed by atoms with E-state index in [0.717, 1.165) is 11.3 Å². The molecule has 1 rings (SSSR count). The molecule has 0 atom stereocenters. The first kappa shape index (κ1) is 5.37. The van der Waals surface area contributed by atoms with Gasteiger partial charge in [0.1, 0.15) is 0 Å². The van der Waals surface area contributed by atoms with Gasteiger partial charge in [0.25, 0.3) is 0 Å². The molecular formula is C4H3N2OS. The van der Waals surface area contributed by atoms with E-state index in [1.807, 2.05) is 0 Å². The van der Waals surface area contributed by atoms with E-state index in [1.54, 1.807) is 0 Å². The molecule has 0 spiro atoms. The van der Waals surface area contributed by atoms with Crippen LogP contribution in [0.5, 0.6) is 0 Å². The normalized spacial score (nSPS) is 9.12. The smallest absolute Gasteiger partial charge is 0.190 e. The molecule has 8 heavy (non-hydrogen) atoms. The highest BCUT2D eigenvalue weighted by Crippen LogP contribution is 1.99. The molecule has 0 aliphatic carbocycles. The van der Waals surface area contributed by atoms with Crippen molar-refractivity contribution in [3.05, 3.63) is 10.5 Å². The minimum atomic E-state index is -0.0521. The minimum Gasteiger partial charge on any atom is -0.292 e. The van der Waals surface area contributed by atoms with Gasteiger partial charge in [0.15, 0.2) is 16.3 Å². The fourth-order valence-corrected chi connectivity index (χ4v) is 0.686. The van der Waals surface area contributed by atoms with Gasteiger partial charge in [0.05, 0.1) is 0 Å². The van der Waals surface area contributed by atoms with Gasteiger partial charge < -0.3 is 0 Å². The molecule has 3 nitrogen and oxygen atoms in total. The molecular weight excluding hydrogens is 124 g/mol. The third-order valence-electron chi connectivity index (χ3n) is 0.625. The molecule has 0 unspecified atom stereocenters. The number of nitrogens with zero attached hydrogens (tertiary/aromatic N) is 2. The van der Waals surface area contributed by atoms with E-state index < -0.39 is 0 Å². The number of hydrogen-bond acceptors (Lipinski definition) is 4. The number of rotatable bonds is 1. The number of Topliss-reactive ketones (excluding diaryl/α,β-unsaturated/α-hetero) is 1. The summed E-state index contributed by atoms with van der Waals surface area (Å²) in [7, 11) is 0. The molecule has 1 aromatic rings. The average molecular weight is 127 g/mol. The van der Waals surface area contributed by atoms with Crippen molar-refractivity contribution in [1.29, 1.82) is 0 Å². The van der Waals surface area contributed by atoms with Gasteiger partial charge in [-0.2, -0.15) is 0 Å². The summed E-state index contributed by atoms with van der Waals surface area (Å²) >= 11 is 1.13. The summed E-state index contributed by atoms with van der Waals surface area (Å²) in [6.07, 6.45) is 0. The summed E-state index contributed by atoms with van der Waals surface area (Å²) in [5, 5.41) is 7.27. The van der Waals surface area contributed by atoms with E-state index in [1.165, 1.54) is 6.92 Å². The number of ketones is 1. The zero-order chi connectivity index (χ0) is 5.98. The summed E-state index contributed by atoms with van der Waals surface area (Å²) in [5.41, 5.74) is 2.47. The van der Waals surface area contributed by atoms with Gasteiger partial charge >= 0.3 is 0 Å². The topological polar surface area (TPSA) is 42.9 Å². The zero-order valence-corrected chi connectivity index (χ0v) is 5.03. The van der Waals surface area contributed by atoms with Crippen LogP contribution in [0.15, 0.2) is 0 Å². The lowest BCUT2D eigenvalue weighted by atomic mass is 10.5. The van der Waals surface area contributed by atoms with Crippen LogP contribution in [0, 0.1) is 5.51 Å². The lowest BCUT2D eigenvalue weighted by Gasteiger charge is -1.75. The van der Waals surface area contributed by atoms with Crippen LogP contribution in [-0.2, 0) is 0 Å².